The summed E-state index contributed by atoms with van der Waals surface area (Å²) in [5.41, 5.74) is 2.25. The second-order valence-corrected chi connectivity index (χ2v) is 6.12. The molecule has 0 fully saturated rings. The summed E-state index contributed by atoms with van der Waals surface area (Å²) in [5.74, 6) is -0.0507. The van der Waals surface area contributed by atoms with E-state index in [-0.39, 0.29) is 5.69 Å². The second kappa shape index (κ2) is 8.39. The van der Waals surface area contributed by atoms with E-state index in [2.05, 4.69) is 10.3 Å². The van der Waals surface area contributed by atoms with Crippen molar-refractivity contribution in [3.8, 4) is 17.2 Å². The second-order valence-electron chi connectivity index (χ2n) is 6.12. The number of anilines is 1. The van der Waals surface area contributed by atoms with Crippen LogP contribution in [0.4, 0.5) is 5.69 Å². The molecule has 1 N–H and O–H groups in total. The van der Waals surface area contributed by atoms with Gasteiger partial charge in [-0.1, -0.05) is 24.3 Å². The third-order valence-corrected chi connectivity index (χ3v) is 3.97. The Morgan fingerprint density at radius 2 is 1.86 bits per heavy atom. The zero-order chi connectivity index (χ0) is 20.1. The van der Waals surface area contributed by atoms with Crippen molar-refractivity contribution in [2.24, 2.45) is 0 Å². The fourth-order valence-electron chi connectivity index (χ4n) is 2.60. The lowest BCUT2D eigenvalue weighted by Crippen LogP contribution is -2.21. The van der Waals surface area contributed by atoms with E-state index >= 15 is 0 Å². The SMILES string of the molecule is COc1ccc(C)cc1NC(=O)COC(=O)c1nc(-c2ccccc2)oc1C. The molecule has 28 heavy (non-hydrogen) atoms. The number of hydrogen-bond donors (Lipinski definition) is 1. The topological polar surface area (TPSA) is 90.7 Å². The minimum absolute atomic E-state index is 0.0415. The molecule has 7 nitrogen and oxygen atoms in total. The Hall–Kier alpha value is -3.61. The monoisotopic (exact) mass is 380 g/mol. The number of aryl methyl sites for hydroxylation is 2. The molecule has 0 aliphatic heterocycles. The summed E-state index contributed by atoms with van der Waals surface area (Å²) >= 11 is 0. The molecule has 0 bridgehead atoms. The van der Waals surface area contributed by atoms with Gasteiger partial charge in [0.25, 0.3) is 5.91 Å². The van der Waals surface area contributed by atoms with Gasteiger partial charge < -0.3 is 19.2 Å². The molecule has 1 aromatic heterocycles. The Kier molecular flexibility index (Phi) is 5.74. The minimum Gasteiger partial charge on any atom is -0.495 e. The molecule has 2 aromatic carbocycles. The van der Waals surface area contributed by atoms with Gasteiger partial charge in [-0.3, -0.25) is 4.79 Å². The number of benzene rings is 2. The van der Waals surface area contributed by atoms with Crippen LogP contribution in [0, 0.1) is 13.8 Å². The van der Waals surface area contributed by atoms with Gasteiger partial charge in [-0.15, -0.1) is 0 Å². The quantitative estimate of drug-likeness (QED) is 0.655. The van der Waals surface area contributed by atoms with E-state index in [1.165, 1.54) is 7.11 Å². The van der Waals surface area contributed by atoms with Gasteiger partial charge in [-0.2, -0.15) is 0 Å². The molecule has 0 aliphatic rings. The van der Waals surface area contributed by atoms with Gasteiger partial charge in [0.15, 0.2) is 12.3 Å². The Morgan fingerprint density at radius 1 is 1.11 bits per heavy atom. The number of amides is 1. The first kappa shape index (κ1) is 19.2. The largest absolute Gasteiger partial charge is 0.495 e. The number of methoxy groups -OCH3 is 1. The van der Waals surface area contributed by atoms with E-state index in [1.54, 1.807) is 19.1 Å². The van der Waals surface area contributed by atoms with Gasteiger partial charge >= 0.3 is 5.97 Å². The van der Waals surface area contributed by atoms with Crippen molar-refractivity contribution in [3.05, 3.63) is 65.5 Å². The summed E-state index contributed by atoms with van der Waals surface area (Å²) in [7, 11) is 1.51. The van der Waals surface area contributed by atoms with Crippen molar-refractivity contribution in [1.82, 2.24) is 4.98 Å². The van der Waals surface area contributed by atoms with E-state index in [0.717, 1.165) is 11.1 Å². The molecule has 0 saturated carbocycles. The van der Waals surface area contributed by atoms with E-state index in [9.17, 15) is 9.59 Å². The van der Waals surface area contributed by atoms with Crippen LogP contribution in [0.25, 0.3) is 11.5 Å². The number of hydrogen-bond acceptors (Lipinski definition) is 6. The van der Waals surface area contributed by atoms with Crippen LogP contribution in [0.1, 0.15) is 21.8 Å². The number of ether oxygens (including phenoxy) is 2. The summed E-state index contributed by atoms with van der Waals surface area (Å²) in [6, 6.07) is 14.6. The molecular weight excluding hydrogens is 360 g/mol. The van der Waals surface area contributed by atoms with E-state index in [0.29, 0.717) is 23.1 Å². The zero-order valence-electron chi connectivity index (χ0n) is 15.8. The van der Waals surface area contributed by atoms with Crippen LogP contribution in [0.3, 0.4) is 0 Å². The van der Waals surface area contributed by atoms with Crippen LogP contribution < -0.4 is 10.1 Å². The highest BCUT2D eigenvalue weighted by Gasteiger charge is 2.20. The number of oxazole rings is 1. The van der Waals surface area contributed by atoms with E-state index in [1.807, 2.05) is 43.3 Å². The number of nitrogens with zero attached hydrogens (tertiary/aromatic N) is 1. The predicted octanol–water partition coefficient (Wildman–Crippen LogP) is 3.76. The first-order valence-corrected chi connectivity index (χ1v) is 8.62. The highest BCUT2D eigenvalue weighted by Crippen LogP contribution is 2.25. The first-order chi connectivity index (χ1) is 13.5. The van der Waals surface area contributed by atoms with Crippen LogP contribution in [0.5, 0.6) is 5.75 Å². The van der Waals surface area contributed by atoms with Crippen molar-refractivity contribution in [3.63, 3.8) is 0 Å². The lowest BCUT2D eigenvalue weighted by atomic mass is 10.2. The van der Waals surface area contributed by atoms with Gasteiger partial charge in [0.2, 0.25) is 5.89 Å². The number of rotatable bonds is 6. The number of aromatic nitrogens is 1. The average molecular weight is 380 g/mol. The molecule has 1 heterocycles. The van der Waals surface area contributed by atoms with Crippen molar-refractivity contribution in [2.75, 3.05) is 19.0 Å². The van der Waals surface area contributed by atoms with Crippen LogP contribution in [0.2, 0.25) is 0 Å². The van der Waals surface area contributed by atoms with E-state index in [4.69, 9.17) is 13.9 Å². The zero-order valence-corrected chi connectivity index (χ0v) is 15.8. The third kappa shape index (κ3) is 4.37. The Morgan fingerprint density at radius 3 is 2.57 bits per heavy atom. The van der Waals surface area contributed by atoms with Crippen molar-refractivity contribution < 1.29 is 23.5 Å². The van der Waals surface area contributed by atoms with Crippen molar-refractivity contribution in [2.45, 2.75) is 13.8 Å². The Balaban J connectivity index is 1.64. The summed E-state index contributed by atoms with van der Waals surface area (Å²) in [6.45, 7) is 3.06. The molecular formula is C21H20N2O5. The standard InChI is InChI=1S/C21H20N2O5/c1-13-9-10-17(26-3)16(11-13)22-18(24)12-27-21(25)19-14(2)28-20(23-19)15-7-5-4-6-8-15/h4-11H,12H2,1-3H3,(H,22,24). The van der Waals surface area contributed by atoms with Crippen molar-refractivity contribution >= 4 is 17.6 Å². The van der Waals surface area contributed by atoms with Crippen LogP contribution in [-0.2, 0) is 9.53 Å². The molecule has 0 unspecified atom stereocenters. The minimum atomic E-state index is -0.727. The lowest BCUT2D eigenvalue weighted by molar-refractivity contribution is -0.119. The number of carbonyl (C=O) groups excluding carboxylic acids is 2. The molecule has 0 spiro atoms. The van der Waals surface area contributed by atoms with Crippen LogP contribution in [-0.4, -0.2) is 30.6 Å². The molecule has 3 aromatic rings. The Bertz CT molecular complexity index is 995. The highest BCUT2D eigenvalue weighted by atomic mass is 16.5. The highest BCUT2D eigenvalue weighted by molar-refractivity contribution is 5.96. The smallest absolute Gasteiger partial charge is 0.361 e. The molecule has 144 valence electrons. The predicted molar refractivity (Wildman–Crippen MR) is 103 cm³/mol. The maximum Gasteiger partial charge on any atom is 0.361 e. The number of esters is 1. The van der Waals surface area contributed by atoms with E-state index < -0.39 is 18.5 Å². The Labute approximate surface area is 162 Å². The number of carbonyl (C=O) groups is 2. The fourth-order valence-corrected chi connectivity index (χ4v) is 2.60. The molecule has 3 rings (SSSR count). The third-order valence-electron chi connectivity index (χ3n) is 3.97. The normalized spacial score (nSPS) is 10.4. The maximum atomic E-state index is 12.3. The molecule has 0 aliphatic carbocycles. The van der Waals surface area contributed by atoms with Gasteiger partial charge in [-0.05, 0) is 43.7 Å². The molecule has 0 saturated heterocycles. The number of nitrogens with one attached hydrogen (secondary N) is 1. The van der Waals surface area contributed by atoms with Crippen LogP contribution >= 0.6 is 0 Å². The average Bonchev–Trinajstić information content (AvgIpc) is 3.09. The molecule has 0 atom stereocenters. The summed E-state index contributed by atoms with van der Waals surface area (Å²) < 4.78 is 15.8. The molecule has 1 amide bonds. The maximum absolute atomic E-state index is 12.3. The molecule has 0 radical (unpaired) electrons. The van der Waals surface area contributed by atoms with Gasteiger partial charge in [0.1, 0.15) is 11.5 Å². The fraction of sp³-hybridized carbons (Fsp3) is 0.190. The van der Waals surface area contributed by atoms with Crippen LogP contribution in [0.15, 0.2) is 52.9 Å². The molecule has 7 heteroatoms. The summed E-state index contributed by atoms with van der Waals surface area (Å²) in [5, 5.41) is 2.67. The first-order valence-electron chi connectivity index (χ1n) is 8.62. The summed E-state index contributed by atoms with van der Waals surface area (Å²) in [6.07, 6.45) is 0. The summed E-state index contributed by atoms with van der Waals surface area (Å²) in [4.78, 5) is 28.6. The van der Waals surface area contributed by atoms with Gasteiger partial charge in [-0.25, -0.2) is 9.78 Å². The van der Waals surface area contributed by atoms with Crippen molar-refractivity contribution in [1.29, 1.82) is 0 Å². The lowest BCUT2D eigenvalue weighted by Gasteiger charge is -2.11. The van der Waals surface area contributed by atoms with Gasteiger partial charge in [0.05, 0.1) is 12.8 Å². The van der Waals surface area contributed by atoms with Gasteiger partial charge in [0, 0.05) is 5.56 Å².